The Morgan fingerprint density at radius 1 is 1.50 bits per heavy atom. The van der Waals surface area contributed by atoms with Crippen molar-refractivity contribution >= 4 is 11.6 Å². The van der Waals surface area contributed by atoms with Crippen LogP contribution in [0.4, 0.5) is 5.69 Å². The maximum atomic E-state index is 11.6. The molecule has 0 unspecified atom stereocenters. The van der Waals surface area contributed by atoms with E-state index in [1.165, 1.54) is 11.3 Å². The summed E-state index contributed by atoms with van der Waals surface area (Å²) in [5.74, 6) is -0.205. The third-order valence-electron chi connectivity index (χ3n) is 4.18. The Labute approximate surface area is 121 Å². The van der Waals surface area contributed by atoms with Gasteiger partial charge in [-0.2, -0.15) is 0 Å². The average molecular weight is 275 g/mol. The molecule has 0 saturated carbocycles. The van der Waals surface area contributed by atoms with E-state index in [4.69, 9.17) is 5.73 Å². The van der Waals surface area contributed by atoms with E-state index in [9.17, 15) is 4.79 Å². The molecule has 0 radical (unpaired) electrons. The summed E-state index contributed by atoms with van der Waals surface area (Å²) in [6.45, 7) is 2.99. The number of anilines is 1. The Morgan fingerprint density at radius 2 is 2.25 bits per heavy atom. The zero-order chi connectivity index (χ0) is 14.7. The number of nitrogens with zero attached hydrogens (tertiary/aromatic N) is 2. The molecule has 4 heteroatoms. The van der Waals surface area contributed by atoms with Crippen molar-refractivity contribution in [3.05, 3.63) is 29.8 Å². The fraction of sp³-hybridized carbons (Fsp3) is 0.562. The van der Waals surface area contributed by atoms with Crippen LogP contribution in [0.1, 0.15) is 37.8 Å². The molecular weight excluding hydrogens is 250 g/mol. The van der Waals surface area contributed by atoms with E-state index in [0.717, 1.165) is 25.8 Å². The van der Waals surface area contributed by atoms with Gasteiger partial charge in [0.25, 0.3) is 0 Å². The number of carbonyl (C=O) groups is 1. The highest BCUT2D eigenvalue weighted by Gasteiger charge is 2.33. The molecular formula is C16H25N3O. The Bertz CT molecular complexity index is 473. The lowest BCUT2D eigenvalue weighted by Crippen LogP contribution is -2.43. The van der Waals surface area contributed by atoms with Crippen molar-refractivity contribution in [1.29, 1.82) is 0 Å². The zero-order valence-corrected chi connectivity index (χ0v) is 12.7. The molecule has 2 rings (SSSR count). The van der Waals surface area contributed by atoms with Crippen molar-refractivity contribution in [1.82, 2.24) is 4.90 Å². The minimum absolute atomic E-state index is 0.148. The van der Waals surface area contributed by atoms with E-state index >= 15 is 0 Å². The Hall–Kier alpha value is -1.55. The van der Waals surface area contributed by atoms with E-state index in [-0.39, 0.29) is 11.9 Å². The van der Waals surface area contributed by atoms with Crippen LogP contribution >= 0.6 is 0 Å². The van der Waals surface area contributed by atoms with Gasteiger partial charge in [-0.25, -0.2) is 0 Å². The van der Waals surface area contributed by atoms with Gasteiger partial charge in [0.05, 0.1) is 6.04 Å². The number of benzene rings is 1. The second kappa shape index (κ2) is 6.27. The van der Waals surface area contributed by atoms with Gasteiger partial charge in [-0.1, -0.05) is 19.1 Å². The molecule has 0 aromatic heterocycles. The molecule has 1 aromatic rings. The second-order valence-electron chi connectivity index (χ2n) is 5.71. The summed E-state index contributed by atoms with van der Waals surface area (Å²) in [4.78, 5) is 16.0. The third-order valence-corrected chi connectivity index (χ3v) is 4.18. The molecule has 110 valence electrons. The number of carbonyl (C=O) groups excluding carboxylic acids is 1. The van der Waals surface area contributed by atoms with E-state index in [0.29, 0.717) is 6.04 Å². The van der Waals surface area contributed by atoms with E-state index in [1.54, 1.807) is 0 Å². The molecule has 0 aliphatic carbocycles. The fourth-order valence-corrected chi connectivity index (χ4v) is 3.13. The first kappa shape index (κ1) is 14.9. The van der Waals surface area contributed by atoms with Crippen molar-refractivity contribution in [2.75, 3.05) is 25.5 Å². The molecule has 2 atom stereocenters. The summed E-state index contributed by atoms with van der Waals surface area (Å²) < 4.78 is 0. The average Bonchev–Trinajstić information content (AvgIpc) is 2.88. The lowest BCUT2D eigenvalue weighted by atomic mass is 10.0. The molecule has 1 aliphatic rings. The predicted molar refractivity (Wildman–Crippen MR) is 82.7 cm³/mol. The van der Waals surface area contributed by atoms with Crippen LogP contribution in [0.5, 0.6) is 0 Å². The van der Waals surface area contributed by atoms with E-state index < -0.39 is 0 Å². The first-order valence-electron chi connectivity index (χ1n) is 7.37. The summed E-state index contributed by atoms with van der Waals surface area (Å²) >= 11 is 0. The molecule has 1 aliphatic heterocycles. The molecule has 0 spiro atoms. The number of hydrogen-bond acceptors (Lipinski definition) is 3. The molecule has 0 bridgehead atoms. The number of nitrogens with two attached hydrogens (primary N) is 1. The molecule has 4 nitrogen and oxygen atoms in total. The lowest BCUT2D eigenvalue weighted by molar-refractivity contribution is -0.123. The van der Waals surface area contributed by atoms with Gasteiger partial charge in [0, 0.05) is 25.8 Å². The second-order valence-corrected chi connectivity index (χ2v) is 5.71. The number of primary amides is 1. The van der Waals surface area contributed by atoms with Crippen LogP contribution in [0, 0.1) is 0 Å². The summed E-state index contributed by atoms with van der Waals surface area (Å²) in [5.41, 5.74) is 8.04. The lowest BCUT2D eigenvalue weighted by Gasteiger charge is -2.31. The standard InChI is InChI=1S/C16H25N3O/c1-4-14(16(17)20)19-10-6-9-15(19)12-7-5-8-13(11-12)18(2)3/h5,7-8,11,14-15H,4,6,9-10H2,1-3H3,(H2,17,20)/t14-,15-/m1/s1. The summed E-state index contributed by atoms with van der Waals surface area (Å²) in [5, 5.41) is 0. The Balaban J connectivity index is 2.26. The fourth-order valence-electron chi connectivity index (χ4n) is 3.13. The van der Waals surface area contributed by atoms with Gasteiger partial charge in [-0.15, -0.1) is 0 Å². The summed E-state index contributed by atoms with van der Waals surface area (Å²) in [6, 6.07) is 8.74. The highest BCUT2D eigenvalue weighted by molar-refractivity contribution is 5.79. The van der Waals surface area contributed by atoms with Crippen molar-refractivity contribution in [2.24, 2.45) is 5.73 Å². The molecule has 2 N–H and O–H groups in total. The first-order chi connectivity index (χ1) is 9.54. The number of hydrogen-bond donors (Lipinski definition) is 1. The van der Waals surface area contributed by atoms with Crippen molar-refractivity contribution in [3.8, 4) is 0 Å². The summed E-state index contributed by atoms with van der Waals surface area (Å²) in [6.07, 6.45) is 3.00. The molecule has 1 heterocycles. The maximum Gasteiger partial charge on any atom is 0.234 e. The minimum Gasteiger partial charge on any atom is -0.378 e. The SMILES string of the molecule is CC[C@H](C(N)=O)N1CCC[C@@H]1c1cccc(N(C)C)c1. The van der Waals surface area contributed by atoms with Crippen LogP contribution < -0.4 is 10.6 Å². The van der Waals surface area contributed by atoms with Gasteiger partial charge in [0.15, 0.2) is 0 Å². The Morgan fingerprint density at radius 3 is 2.85 bits per heavy atom. The molecule has 1 aromatic carbocycles. The number of likely N-dealkylation sites (tertiary alicyclic amines) is 1. The largest absolute Gasteiger partial charge is 0.378 e. The van der Waals surface area contributed by atoms with E-state index in [2.05, 4.69) is 34.1 Å². The smallest absolute Gasteiger partial charge is 0.234 e. The van der Waals surface area contributed by atoms with Crippen LogP contribution in [0.3, 0.4) is 0 Å². The molecule has 1 amide bonds. The minimum atomic E-state index is -0.205. The van der Waals surface area contributed by atoms with Gasteiger partial charge in [0.1, 0.15) is 0 Å². The molecule has 1 fully saturated rings. The highest BCUT2D eigenvalue weighted by Crippen LogP contribution is 2.35. The normalized spacial score (nSPS) is 20.9. The van der Waals surface area contributed by atoms with Crippen LogP contribution in [0.25, 0.3) is 0 Å². The maximum absolute atomic E-state index is 11.6. The third kappa shape index (κ3) is 2.96. The van der Waals surface area contributed by atoms with Crippen LogP contribution in [-0.2, 0) is 4.79 Å². The van der Waals surface area contributed by atoms with Gasteiger partial charge in [-0.3, -0.25) is 9.69 Å². The molecule has 1 saturated heterocycles. The van der Waals surface area contributed by atoms with Crippen molar-refractivity contribution < 1.29 is 4.79 Å². The number of amides is 1. The quantitative estimate of drug-likeness (QED) is 0.896. The number of rotatable bonds is 5. The van der Waals surface area contributed by atoms with Gasteiger partial charge < -0.3 is 10.6 Å². The highest BCUT2D eigenvalue weighted by atomic mass is 16.1. The first-order valence-corrected chi connectivity index (χ1v) is 7.37. The van der Waals surface area contributed by atoms with Crippen molar-refractivity contribution in [3.63, 3.8) is 0 Å². The van der Waals surface area contributed by atoms with Gasteiger partial charge >= 0.3 is 0 Å². The van der Waals surface area contributed by atoms with Crippen molar-refractivity contribution in [2.45, 2.75) is 38.3 Å². The van der Waals surface area contributed by atoms with Gasteiger partial charge in [-0.05, 0) is 43.5 Å². The summed E-state index contributed by atoms with van der Waals surface area (Å²) in [7, 11) is 4.09. The van der Waals surface area contributed by atoms with Crippen LogP contribution in [0.2, 0.25) is 0 Å². The Kier molecular flexibility index (Phi) is 4.65. The monoisotopic (exact) mass is 275 g/mol. The van der Waals surface area contributed by atoms with Gasteiger partial charge in [0.2, 0.25) is 5.91 Å². The topological polar surface area (TPSA) is 49.6 Å². The zero-order valence-electron chi connectivity index (χ0n) is 12.7. The van der Waals surface area contributed by atoms with Crippen LogP contribution in [-0.4, -0.2) is 37.5 Å². The molecule has 20 heavy (non-hydrogen) atoms. The van der Waals surface area contributed by atoms with E-state index in [1.807, 2.05) is 21.0 Å². The van der Waals surface area contributed by atoms with Crippen LogP contribution in [0.15, 0.2) is 24.3 Å². The predicted octanol–water partition coefficient (Wildman–Crippen LogP) is 2.15.